The second-order valence-electron chi connectivity index (χ2n) is 5.38. The topological polar surface area (TPSA) is 62.3 Å². The summed E-state index contributed by atoms with van der Waals surface area (Å²) in [6.45, 7) is 6.56. The van der Waals surface area contributed by atoms with E-state index in [9.17, 15) is 9.59 Å². The number of nitrogens with one attached hydrogen (secondary N) is 1. The molecule has 0 bridgehead atoms. The molecular weight excluding hydrogens is 318 g/mol. The molecule has 0 saturated heterocycles. The van der Waals surface area contributed by atoms with Gasteiger partial charge in [-0.15, -0.1) is 22.7 Å². The van der Waals surface area contributed by atoms with Gasteiger partial charge in [-0.05, 0) is 24.3 Å². The lowest BCUT2D eigenvalue weighted by atomic mass is 10.2. The Balaban J connectivity index is 2.02. The standard InChI is InChI=1S/C15H19N3O2S2/c1-10(2)8-18(14(20)12-5-4-6-21-12)9-13(19)17-15-16-7-11(3)22-15/h4-7,10H,8-9H2,1-3H3,(H,16,17,19). The van der Waals surface area contributed by atoms with Crippen LogP contribution in [0, 0.1) is 12.8 Å². The molecule has 0 aliphatic rings. The molecule has 0 radical (unpaired) electrons. The van der Waals surface area contributed by atoms with Crippen LogP contribution < -0.4 is 5.32 Å². The summed E-state index contributed by atoms with van der Waals surface area (Å²) in [6, 6.07) is 3.62. The van der Waals surface area contributed by atoms with Gasteiger partial charge in [-0.25, -0.2) is 4.98 Å². The summed E-state index contributed by atoms with van der Waals surface area (Å²) in [6.07, 6.45) is 1.71. The third-order valence-electron chi connectivity index (χ3n) is 2.81. The Bertz CT molecular complexity index is 635. The Morgan fingerprint density at radius 1 is 1.41 bits per heavy atom. The number of thiophene rings is 1. The predicted octanol–water partition coefficient (Wildman–Crippen LogP) is 3.25. The highest BCUT2D eigenvalue weighted by molar-refractivity contribution is 7.15. The molecule has 5 nitrogen and oxygen atoms in total. The molecular formula is C15H19N3O2S2. The van der Waals surface area contributed by atoms with Gasteiger partial charge in [-0.2, -0.15) is 0 Å². The number of amides is 2. The lowest BCUT2D eigenvalue weighted by Gasteiger charge is -2.23. The van der Waals surface area contributed by atoms with E-state index in [0.29, 0.717) is 22.5 Å². The molecule has 118 valence electrons. The van der Waals surface area contributed by atoms with Gasteiger partial charge in [0.2, 0.25) is 5.91 Å². The highest BCUT2D eigenvalue weighted by atomic mass is 32.1. The van der Waals surface area contributed by atoms with Gasteiger partial charge in [-0.3, -0.25) is 9.59 Å². The van der Waals surface area contributed by atoms with E-state index in [0.717, 1.165) is 4.88 Å². The first-order chi connectivity index (χ1) is 10.5. The molecule has 0 unspecified atom stereocenters. The fourth-order valence-electron chi connectivity index (χ4n) is 1.96. The molecule has 2 heterocycles. The Morgan fingerprint density at radius 2 is 2.18 bits per heavy atom. The monoisotopic (exact) mass is 337 g/mol. The average Bonchev–Trinajstić information content (AvgIpc) is 3.08. The van der Waals surface area contributed by atoms with Gasteiger partial charge in [0.25, 0.3) is 5.91 Å². The van der Waals surface area contributed by atoms with E-state index in [1.807, 2.05) is 32.2 Å². The number of carbonyl (C=O) groups is 2. The van der Waals surface area contributed by atoms with E-state index < -0.39 is 0 Å². The number of aromatic nitrogens is 1. The maximum absolute atomic E-state index is 12.5. The predicted molar refractivity (Wildman–Crippen MR) is 90.5 cm³/mol. The second kappa shape index (κ2) is 7.51. The van der Waals surface area contributed by atoms with Crippen LogP contribution in [0.1, 0.15) is 28.4 Å². The van der Waals surface area contributed by atoms with Crippen LogP contribution in [-0.4, -0.2) is 34.8 Å². The van der Waals surface area contributed by atoms with Crippen molar-refractivity contribution in [3.63, 3.8) is 0 Å². The molecule has 0 spiro atoms. The van der Waals surface area contributed by atoms with Crippen LogP contribution in [0.3, 0.4) is 0 Å². The first-order valence-electron chi connectivity index (χ1n) is 7.00. The number of aryl methyl sites for hydroxylation is 1. The minimum Gasteiger partial charge on any atom is -0.328 e. The van der Waals surface area contributed by atoms with Crippen molar-refractivity contribution in [2.24, 2.45) is 5.92 Å². The first kappa shape index (κ1) is 16.6. The number of hydrogen-bond donors (Lipinski definition) is 1. The molecule has 0 aliphatic heterocycles. The fraction of sp³-hybridized carbons (Fsp3) is 0.400. The van der Waals surface area contributed by atoms with Gasteiger partial charge in [0, 0.05) is 17.6 Å². The summed E-state index contributed by atoms with van der Waals surface area (Å²) in [5, 5.41) is 5.17. The number of carbonyl (C=O) groups excluding carboxylic acids is 2. The van der Waals surface area contributed by atoms with Crippen molar-refractivity contribution in [3.05, 3.63) is 33.5 Å². The summed E-state index contributed by atoms with van der Waals surface area (Å²) >= 11 is 2.81. The van der Waals surface area contributed by atoms with Crippen molar-refractivity contribution in [2.45, 2.75) is 20.8 Å². The normalized spacial score (nSPS) is 10.7. The second-order valence-corrected chi connectivity index (χ2v) is 7.56. The zero-order valence-electron chi connectivity index (χ0n) is 12.8. The average molecular weight is 337 g/mol. The van der Waals surface area contributed by atoms with E-state index in [1.165, 1.54) is 22.7 Å². The van der Waals surface area contributed by atoms with Gasteiger partial charge in [-0.1, -0.05) is 19.9 Å². The van der Waals surface area contributed by atoms with Crippen LogP contribution >= 0.6 is 22.7 Å². The van der Waals surface area contributed by atoms with E-state index in [2.05, 4.69) is 10.3 Å². The van der Waals surface area contributed by atoms with Gasteiger partial charge in [0.1, 0.15) is 6.54 Å². The Morgan fingerprint density at radius 3 is 2.73 bits per heavy atom. The summed E-state index contributed by atoms with van der Waals surface area (Å²) < 4.78 is 0. The molecule has 0 fully saturated rings. The van der Waals surface area contributed by atoms with Crippen LogP contribution in [0.4, 0.5) is 5.13 Å². The van der Waals surface area contributed by atoms with E-state index >= 15 is 0 Å². The molecule has 7 heteroatoms. The summed E-state index contributed by atoms with van der Waals surface area (Å²) in [5.41, 5.74) is 0. The Hall–Kier alpha value is -1.73. The molecule has 22 heavy (non-hydrogen) atoms. The van der Waals surface area contributed by atoms with Gasteiger partial charge < -0.3 is 10.2 Å². The third kappa shape index (κ3) is 4.64. The van der Waals surface area contributed by atoms with Crippen LogP contribution in [-0.2, 0) is 4.79 Å². The Labute approximate surface area is 138 Å². The van der Waals surface area contributed by atoms with Gasteiger partial charge in [0.15, 0.2) is 5.13 Å². The SMILES string of the molecule is Cc1cnc(NC(=O)CN(CC(C)C)C(=O)c2cccs2)s1. The molecule has 2 aromatic rings. The number of rotatable bonds is 6. The van der Waals surface area contributed by atoms with Crippen LogP contribution in [0.25, 0.3) is 0 Å². The number of anilines is 1. The molecule has 0 saturated carbocycles. The van der Waals surface area contributed by atoms with E-state index in [4.69, 9.17) is 0 Å². The van der Waals surface area contributed by atoms with Crippen molar-refractivity contribution in [3.8, 4) is 0 Å². The van der Waals surface area contributed by atoms with Gasteiger partial charge in [0.05, 0.1) is 4.88 Å². The smallest absolute Gasteiger partial charge is 0.264 e. The maximum atomic E-state index is 12.5. The van der Waals surface area contributed by atoms with Crippen LogP contribution in [0.5, 0.6) is 0 Å². The van der Waals surface area contributed by atoms with E-state index in [-0.39, 0.29) is 18.4 Å². The zero-order valence-corrected chi connectivity index (χ0v) is 14.5. The molecule has 2 rings (SSSR count). The molecule has 2 aromatic heterocycles. The highest BCUT2D eigenvalue weighted by Gasteiger charge is 2.21. The zero-order chi connectivity index (χ0) is 16.1. The van der Waals surface area contributed by atoms with Crippen molar-refractivity contribution in [1.29, 1.82) is 0 Å². The molecule has 0 atom stereocenters. The summed E-state index contributed by atoms with van der Waals surface area (Å²) in [7, 11) is 0. The first-order valence-corrected chi connectivity index (χ1v) is 8.70. The Kier molecular flexibility index (Phi) is 5.68. The molecule has 0 aliphatic carbocycles. The number of thiazole rings is 1. The minimum absolute atomic E-state index is 0.0353. The number of nitrogens with zero attached hydrogens (tertiary/aromatic N) is 2. The fourth-order valence-corrected chi connectivity index (χ4v) is 3.33. The summed E-state index contributed by atoms with van der Waals surface area (Å²) in [5.74, 6) is -0.0344. The van der Waals surface area contributed by atoms with Crippen LogP contribution in [0.2, 0.25) is 0 Å². The van der Waals surface area contributed by atoms with Gasteiger partial charge >= 0.3 is 0 Å². The molecule has 2 amide bonds. The molecule has 0 aromatic carbocycles. The maximum Gasteiger partial charge on any atom is 0.264 e. The van der Waals surface area contributed by atoms with Crippen molar-refractivity contribution < 1.29 is 9.59 Å². The lowest BCUT2D eigenvalue weighted by molar-refractivity contribution is -0.117. The van der Waals surface area contributed by atoms with Crippen molar-refractivity contribution >= 4 is 39.6 Å². The molecule has 1 N–H and O–H groups in total. The highest BCUT2D eigenvalue weighted by Crippen LogP contribution is 2.17. The quantitative estimate of drug-likeness (QED) is 0.880. The van der Waals surface area contributed by atoms with Crippen molar-refractivity contribution in [1.82, 2.24) is 9.88 Å². The largest absolute Gasteiger partial charge is 0.328 e. The lowest BCUT2D eigenvalue weighted by Crippen LogP contribution is -2.39. The number of hydrogen-bond acceptors (Lipinski definition) is 5. The minimum atomic E-state index is -0.222. The van der Waals surface area contributed by atoms with E-state index in [1.54, 1.807) is 17.2 Å². The third-order valence-corrected chi connectivity index (χ3v) is 4.49. The summed E-state index contributed by atoms with van der Waals surface area (Å²) in [4.78, 5) is 32.0. The van der Waals surface area contributed by atoms with Crippen molar-refractivity contribution in [2.75, 3.05) is 18.4 Å². The van der Waals surface area contributed by atoms with Crippen LogP contribution in [0.15, 0.2) is 23.7 Å².